The second kappa shape index (κ2) is 11.4. The Hall–Kier alpha value is -2.40. The van der Waals surface area contributed by atoms with Crippen LogP contribution in [0.2, 0.25) is 0 Å². The second-order valence-corrected chi connectivity index (χ2v) is 7.21. The van der Waals surface area contributed by atoms with E-state index in [9.17, 15) is 4.79 Å². The number of nitrogens with one attached hydrogen (secondary N) is 2. The molecular weight excluding hydrogens is 368 g/mol. The van der Waals surface area contributed by atoms with E-state index in [4.69, 9.17) is 17.0 Å². The molecule has 150 valence electrons. The van der Waals surface area contributed by atoms with Crippen LogP contribution in [0.1, 0.15) is 61.0 Å². The SMILES string of the molecule is CCCCCCOc1ccc(C(=O)NC(=S)Nc2c(C)cccc2CC)cc1. The fraction of sp³-hybridized carbons (Fsp3) is 0.391. The lowest BCUT2D eigenvalue weighted by molar-refractivity contribution is 0.0977. The molecule has 28 heavy (non-hydrogen) atoms. The lowest BCUT2D eigenvalue weighted by Gasteiger charge is -2.15. The number of unbranched alkanes of at least 4 members (excludes halogenated alkanes) is 3. The summed E-state index contributed by atoms with van der Waals surface area (Å²) in [5, 5.41) is 6.21. The number of rotatable bonds is 9. The minimum Gasteiger partial charge on any atom is -0.494 e. The van der Waals surface area contributed by atoms with Crippen molar-refractivity contribution in [2.75, 3.05) is 11.9 Å². The molecule has 5 heteroatoms. The van der Waals surface area contributed by atoms with Gasteiger partial charge in [0.2, 0.25) is 0 Å². The van der Waals surface area contributed by atoms with Crippen molar-refractivity contribution in [3.63, 3.8) is 0 Å². The van der Waals surface area contributed by atoms with Gasteiger partial charge in [0.1, 0.15) is 5.75 Å². The number of benzene rings is 2. The summed E-state index contributed by atoms with van der Waals surface area (Å²) in [5.74, 6) is 0.542. The monoisotopic (exact) mass is 398 g/mol. The van der Waals surface area contributed by atoms with Gasteiger partial charge in [-0.3, -0.25) is 10.1 Å². The highest BCUT2D eigenvalue weighted by Gasteiger charge is 2.11. The zero-order chi connectivity index (χ0) is 20.4. The maximum atomic E-state index is 12.4. The Labute approximate surface area is 173 Å². The molecule has 0 bridgehead atoms. The molecule has 0 saturated heterocycles. The highest BCUT2D eigenvalue weighted by atomic mass is 32.1. The van der Waals surface area contributed by atoms with Crippen LogP contribution in [0.4, 0.5) is 5.69 Å². The van der Waals surface area contributed by atoms with Gasteiger partial charge < -0.3 is 10.1 Å². The van der Waals surface area contributed by atoms with Crippen LogP contribution < -0.4 is 15.4 Å². The molecule has 0 aliphatic heterocycles. The molecule has 0 atom stereocenters. The molecule has 0 heterocycles. The average Bonchev–Trinajstić information content (AvgIpc) is 2.69. The van der Waals surface area contributed by atoms with E-state index in [1.54, 1.807) is 12.1 Å². The van der Waals surface area contributed by atoms with Crippen LogP contribution in [0.5, 0.6) is 5.75 Å². The number of carbonyl (C=O) groups is 1. The lowest BCUT2D eigenvalue weighted by Crippen LogP contribution is -2.34. The van der Waals surface area contributed by atoms with Crippen molar-refractivity contribution in [2.45, 2.75) is 52.9 Å². The van der Waals surface area contributed by atoms with Gasteiger partial charge in [-0.2, -0.15) is 0 Å². The normalized spacial score (nSPS) is 10.4. The third kappa shape index (κ3) is 6.64. The largest absolute Gasteiger partial charge is 0.494 e. The Bertz CT molecular complexity index is 788. The Kier molecular flexibility index (Phi) is 8.95. The van der Waals surface area contributed by atoms with Crippen molar-refractivity contribution in [3.8, 4) is 5.75 Å². The van der Waals surface area contributed by atoms with Crippen molar-refractivity contribution >= 4 is 28.9 Å². The highest BCUT2D eigenvalue weighted by Crippen LogP contribution is 2.21. The van der Waals surface area contributed by atoms with Crippen LogP contribution in [0.3, 0.4) is 0 Å². The van der Waals surface area contributed by atoms with Gasteiger partial charge in [-0.1, -0.05) is 51.3 Å². The van der Waals surface area contributed by atoms with Gasteiger partial charge in [0.15, 0.2) is 5.11 Å². The molecule has 2 rings (SSSR count). The summed E-state index contributed by atoms with van der Waals surface area (Å²) >= 11 is 5.33. The number of thiocarbonyl (C=S) groups is 1. The average molecular weight is 399 g/mol. The van der Waals surface area contributed by atoms with Crippen LogP contribution in [0.15, 0.2) is 42.5 Å². The molecule has 0 radical (unpaired) electrons. The maximum Gasteiger partial charge on any atom is 0.257 e. The van der Waals surface area contributed by atoms with E-state index in [2.05, 4.69) is 30.5 Å². The summed E-state index contributed by atoms with van der Waals surface area (Å²) in [6, 6.07) is 13.3. The second-order valence-electron chi connectivity index (χ2n) is 6.80. The number of amides is 1. The molecule has 0 aliphatic rings. The standard InChI is InChI=1S/C23H30N2O2S/c1-4-6-7-8-16-27-20-14-12-19(13-15-20)22(26)25-23(28)24-21-17(3)10-9-11-18(21)5-2/h9-15H,4-8,16H2,1-3H3,(H2,24,25,26,28). The molecule has 2 N–H and O–H groups in total. The summed E-state index contributed by atoms with van der Waals surface area (Å²) in [7, 11) is 0. The third-order valence-corrected chi connectivity index (χ3v) is 4.79. The number of hydrogen-bond donors (Lipinski definition) is 2. The van der Waals surface area contributed by atoms with E-state index in [0.717, 1.165) is 35.4 Å². The molecule has 0 aromatic heterocycles. The Morgan fingerprint density at radius 2 is 1.79 bits per heavy atom. The van der Waals surface area contributed by atoms with Gasteiger partial charge in [-0.15, -0.1) is 0 Å². The summed E-state index contributed by atoms with van der Waals surface area (Å²) in [6.45, 7) is 7.01. The number of anilines is 1. The van der Waals surface area contributed by atoms with E-state index >= 15 is 0 Å². The van der Waals surface area contributed by atoms with E-state index < -0.39 is 0 Å². The van der Waals surface area contributed by atoms with E-state index in [-0.39, 0.29) is 5.91 Å². The van der Waals surface area contributed by atoms with Gasteiger partial charge >= 0.3 is 0 Å². The highest BCUT2D eigenvalue weighted by molar-refractivity contribution is 7.80. The first-order valence-corrected chi connectivity index (χ1v) is 10.4. The van der Waals surface area contributed by atoms with Gasteiger partial charge in [0.05, 0.1) is 6.61 Å². The van der Waals surface area contributed by atoms with Crippen LogP contribution in [0.25, 0.3) is 0 Å². The van der Waals surface area contributed by atoms with Gasteiger partial charge in [0.25, 0.3) is 5.91 Å². The van der Waals surface area contributed by atoms with Crippen LogP contribution in [-0.4, -0.2) is 17.6 Å². The quantitative estimate of drug-likeness (QED) is 0.424. The van der Waals surface area contributed by atoms with Crippen LogP contribution in [0, 0.1) is 6.92 Å². The van der Waals surface area contributed by atoms with Crippen molar-refractivity contribution in [3.05, 3.63) is 59.2 Å². The minimum absolute atomic E-state index is 0.237. The van der Waals surface area contributed by atoms with E-state index in [1.165, 1.54) is 19.3 Å². The Balaban J connectivity index is 1.88. The van der Waals surface area contributed by atoms with Gasteiger partial charge in [-0.05, 0) is 67.4 Å². The molecule has 2 aromatic rings. The van der Waals surface area contributed by atoms with Crippen LogP contribution >= 0.6 is 12.2 Å². The Morgan fingerprint density at radius 1 is 1.04 bits per heavy atom. The molecule has 1 amide bonds. The van der Waals surface area contributed by atoms with Gasteiger partial charge in [-0.25, -0.2) is 0 Å². The molecule has 0 fully saturated rings. The predicted octanol–water partition coefficient (Wildman–Crippen LogP) is 5.64. The van der Waals surface area contributed by atoms with Crippen LogP contribution in [-0.2, 0) is 6.42 Å². The predicted molar refractivity (Wildman–Crippen MR) is 120 cm³/mol. The smallest absolute Gasteiger partial charge is 0.257 e. The fourth-order valence-electron chi connectivity index (χ4n) is 2.94. The zero-order valence-corrected chi connectivity index (χ0v) is 17.8. The summed E-state index contributed by atoms with van der Waals surface area (Å²) < 4.78 is 5.72. The van der Waals surface area contributed by atoms with Crippen molar-refractivity contribution in [1.82, 2.24) is 5.32 Å². The number of para-hydroxylation sites is 1. The zero-order valence-electron chi connectivity index (χ0n) is 17.0. The van der Waals surface area contributed by atoms with E-state index in [1.807, 2.05) is 31.2 Å². The summed E-state index contributed by atoms with van der Waals surface area (Å²) in [4.78, 5) is 12.4. The number of carbonyl (C=O) groups excluding carboxylic acids is 1. The lowest BCUT2D eigenvalue weighted by atomic mass is 10.1. The minimum atomic E-state index is -0.237. The Morgan fingerprint density at radius 3 is 2.46 bits per heavy atom. The first kappa shape index (κ1) is 21.9. The summed E-state index contributed by atoms with van der Waals surface area (Å²) in [5.41, 5.74) is 3.76. The number of hydrogen-bond acceptors (Lipinski definition) is 3. The van der Waals surface area contributed by atoms with Gasteiger partial charge in [0, 0.05) is 11.3 Å². The molecule has 0 spiro atoms. The third-order valence-electron chi connectivity index (χ3n) is 4.59. The first-order valence-electron chi connectivity index (χ1n) is 9.98. The molecule has 0 unspecified atom stereocenters. The summed E-state index contributed by atoms with van der Waals surface area (Å²) in [6.07, 6.45) is 5.57. The van der Waals surface area contributed by atoms with Crippen molar-refractivity contribution in [2.24, 2.45) is 0 Å². The molecule has 0 saturated carbocycles. The topological polar surface area (TPSA) is 50.4 Å². The molecular formula is C23H30N2O2S. The molecule has 2 aromatic carbocycles. The maximum absolute atomic E-state index is 12.4. The van der Waals surface area contributed by atoms with E-state index in [0.29, 0.717) is 17.3 Å². The van der Waals surface area contributed by atoms with Crippen molar-refractivity contribution < 1.29 is 9.53 Å². The molecule has 4 nitrogen and oxygen atoms in total. The first-order chi connectivity index (χ1) is 13.5. The molecule has 0 aliphatic carbocycles. The number of aryl methyl sites for hydroxylation is 2. The number of ether oxygens (including phenoxy) is 1. The van der Waals surface area contributed by atoms with Crippen molar-refractivity contribution in [1.29, 1.82) is 0 Å². The fourth-order valence-corrected chi connectivity index (χ4v) is 3.14.